The molecule has 21 heavy (non-hydrogen) atoms. The second-order valence-corrected chi connectivity index (χ2v) is 7.15. The van der Waals surface area contributed by atoms with Gasteiger partial charge in [0.05, 0.1) is 11.8 Å². The molecule has 0 amide bonds. The van der Waals surface area contributed by atoms with Crippen molar-refractivity contribution in [3.63, 3.8) is 0 Å². The number of rotatable bonds is 7. The first-order valence-electron chi connectivity index (χ1n) is 8.24. The molecular weight excluding hydrogens is 268 g/mol. The summed E-state index contributed by atoms with van der Waals surface area (Å²) >= 11 is 0. The van der Waals surface area contributed by atoms with Gasteiger partial charge >= 0.3 is 11.9 Å². The number of aliphatic carboxylic acids is 1. The Hall–Kier alpha value is -1.06. The van der Waals surface area contributed by atoms with Gasteiger partial charge in [-0.25, -0.2) is 0 Å². The van der Waals surface area contributed by atoms with Crippen LogP contribution in [0, 0.1) is 23.7 Å². The molecule has 4 nitrogen and oxygen atoms in total. The first kappa shape index (κ1) is 18.0. The standard InChI is InChI=1S/C17H30O4/c1-11(2)9-13(10-12(3)4)21-17(20)15-8-6-5-7-14(15)16(18)19/h11-15H,5-10H2,1-4H3,(H,18,19). The third-order valence-electron chi connectivity index (χ3n) is 4.14. The van der Waals surface area contributed by atoms with Crippen LogP contribution in [-0.2, 0) is 14.3 Å². The molecule has 1 aliphatic rings. The van der Waals surface area contributed by atoms with Gasteiger partial charge in [0.15, 0.2) is 0 Å². The number of hydrogen-bond acceptors (Lipinski definition) is 3. The number of carboxylic acid groups (broad SMARTS) is 1. The highest BCUT2D eigenvalue weighted by Crippen LogP contribution is 2.32. The minimum atomic E-state index is -0.860. The summed E-state index contributed by atoms with van der Waals surface area (Å²) in [6, 6.07) is 0. The Kier molecular flexibility index (Phi) is 7.20. The van der Waals surface area contributed by atoms with Crippen LogP contribution in [0.15, 0.2) is 0 Å². The van der Waals surface area contributed by atoms with Crippen molar-refractivity contribution in [1.29, 1.82) is 0 Å². The van der Waals surface area contributed by atoms with Gasteiger partial charge in [0.2, 0.25) is 0 Å². The minimum Gasteiger partial charge on any atom is -0.481 e. The molecule has 0 radical (unpaired) electrons. The summed E-state index contributed by atoms with van der Waals surface area (Å²) in [5.41, 5.74) is 0. The molecule has 0 aromatic heterocycles. The lowest BCUT2D eigenvalue weighted by Crippen LogP contribution is -2.36. The average Bonchev–Trinajstić information content (AvgIpc) is 2.36. The van der Waals surface area contributed by atoms with Crippen LogP contribution in [0.1, 0.15) is 66.2 Å². The van der Waals surface area contributed by atoms with Gasteiger partial charge in [-0.2, -0.15) is 0 Å². The van der Waals surface area contributed by atoms with Crippen LogP contribution in [0.2, 0.25) is 0 Å². The number of carbonyl (C=O) groups is 2. The summed E-state index contributed by atoms with van der Waals surface area (Å²) in [6.07, 6.45) is 4.64. The molecular formula is C17H30O4. The molecule has 0 aromatic carbocycles. The van der Waals surface area contributed by atoms with Crippen molar-refractivity contribution in [2.45, 2.75) is 72.3 Å². The fourth-order valence-corrected chi connectivity index (χ4v) is 3.20. The maximum atomic E-state index is 12.4. The van der Waals surface area contributed by atoms with Crippen LogP contribution in [0.5, 0.6) is 0 Å². The van der Waals surface area contributed by atoms with Crippen LogP contribution in [0.3, 0.4) is 0 Å². The van der Waals surface area contributed by atoms with Crippen LogP contribution >= 0.6 is 0 Å². The highest BCUT2D eigenvalue weighted by Gasteiger charge is 2.37. The molecule has 0 saturated heterocycles. The lowest BCUT2D eigenvalue weighted by Gasteiger charge is -2.29. The molecule has 1 rings (SSSR count). The monoisotopic (exact) mass is 298 g/mol. The molecule has 1 aliphatic carbocycles. The van der Waals surface area contributed by atoms with Gasteiger partial charge in [0.25, 0.3) is 0 Å². The van der Waals surface area contributed by atoms with E-state index in [4.69, 9.17) is 4.74 Å². The van der Waals surface area contributed by atoms with Crippen molar-refractivity contribution in [2.75, 3.05) is 0 Å². The van der Waals surface area contributed by atoms with E-state index in [-0.39, 0.29) is 12.1 Å². The molecule has 4 heteroatoms. The normalized spacial score (nSPS) is 22.8. The maximum absolute atomic E-state index is 12.4. The van der Waals surface area contributed by atoms with Crippen molar-refractivity contribution in [3.05, 3.63) is 0 Å². The van der Waals surface area contributed by atoms with E-state index >= 15 is 0 Å². The van der Waals surface area contributed by atoms with E-state index in [1.54, 1.807) is 0 Å². The summed E-state index contributed by atoms with van der Waals surface area (Å²) in [6.45, 7) is 8.45. The summed E-state index contributed by atoms with van der Waals surface area (Å²) in [7, 11) is 0. The fourth-order valence-electron chi connectivity index (χ4n) is 3.20. The SMILES string of the molecule is CC(C)CC(CC(C)C)OC(=O)C1CCCCC1C(=O)O. The zero-order valence-electron chi connectivity index (χ0n) is 13.8. The van der Waals surface area contributed by atoms with Crippen molar-refractivity contribution in [2.24, 2.45) is 23.7 Å². The Balaban J connectivity index is 2.67. The molecule has 0 aliphatic heterocycles. The predicted octanol–water partition coefficient (Wildman–Crippen LogP) is 3.88. The lowest BCUT2D eigenvalue weighted by molar-refractivity contribution is -0.164. The van der Waals surface area contributed by atoms with Gasteiger partial charge in [-0.15, -0.1) is 0 Å². The van der Waals surface area contributed by atoms with Crippen LogP contribution in [0.25, 0.3) is 0 Å². The smallest absolute Gasteiger partial charge is 0.310 e. The van der Waals surface area contributed by atoms with E-state index in [1.165, 1.54) is 0 Å². The number of ether oxygens (including phenoxy) is 1. The van der Waals surface area contributed by atoms with Crippen LogP contribution in [0.4, 0.5) is 0 Å². The number of hydrogen-bond donors (Lipinski definition) is 1. The van der Waals surface area contributed by atoms with E-state index in [9.17, 15) is 14.7 Å². The third kappa shape index (κ3) is 6.06. The number of esters is 1. The largest absolute Gasteiger partial charge is 0.481 e. The van der Waals surface area contributed by atoms with E-state index in [1.807, 2.05) is 0 Å². The molecule has 0 bridgehead atoms. The molecule has 1 fully saturated rings. The van der Waals surface area contributed by atoms with Crippen molar-refractivity contribution in [1.82, 2.24) is 0 Å². The molecule has 2 unspecified atom stereocenters. The molecule has 2 atom stereocenters. The van der Waals surface area contributed by atoms with Crippen LogP contribution < -0.4 is 0 Å². The zero-order valence-corrected chi connectivity index (χ0v) is 13.8. The summed E-state index contributed by atoms with van der Waals surface area (Å²) in [4.78, 5) is 23.7. The highest BCUT2D eigenvalue weighted by atomic mass is 16.5. The summed E-state index contributed by atoms with van der Waals surface area (Å²) < 4.78 is 5.69. The quantitative estimate of drug-likeness (QED) is 0.724. The zero-order chi connectivity index (χ0) is 16.0. The first-order chi connectivity index (χ1) is 9.81. The molecule has 0 heterocycles. The molecule has 1 N–H and O–H groups in total. The first-order valence-corrected chi connectivity index (χ1v) is 8.24. The fraction of sp³-hybridized carbons (Fsp3) is 0.882. The van der Waals surface area contributed by atoms with Gasteiger partial charge in [-0.3, -0.25) is 9.59 Å². The Bertz CT molecular complexity index is 339. The van der Waals surface area contributed by atoms with Gasteiger partial charge in [0.1, 0.15) is 6.10 Å². The van der Waals surface area contributed by atoms with E-state index < -0.39 is 17.8 Å². The molecule has 122 valence electrons. The van der Waals surface area contributed by atoms with E-state index in [0.717, 1.165) is 25.7 Å². The molecule has 0 aromatic rings. The Morgan fingerprint density at radius 1 is 1.00 bits per heavy atom. The lowest BCUT2D eigenvalue weighted by atomic mass is 9.79. The Morgan fingerprint density at radius 2 is 1.48 bits per heavy atom. The molecule has 1 saturated carbocycles. The van der Waals surface area contributed by atoms with Gasteiger partial charge in [-0.05, 0) is 37.5 Å². The van der Waals surface area contributed by atoms with E-state index in [2.05, 4.69) is 27.7 Å². The number of carboxylic acids is 1. The highest BCUT2D eigenvalue weighted by molar-refractivity contribution is 5.81. The molecule has 0 spiro atoms. The topological polar surface area (TPSA) is 63.6 Å². The van der Waals surface area contributed by atoms with Gasteiger partial charge in [0, 0.05) is 0 Å². The van der Waals surface area contributed by atoms with E-state index in [0.29, 0.717) is 24.7 Å². The second-order valence-electron chi connectivity index (χ2n) is 7.15. The van der Waals surface area contributed by atoms with Crippen molar-refractivity contribution >= 4 is 11.9 Å². The van der Waals surface area contributed by atoms with Gasteiger partial charge in [-0.1, -0.05) is 40.5 Å². The number of carbonyl (C=O) groups excluding carboxylic acids is 1. The second kappa shape index (κ2) is 8.40. The summed E-state index contributed by atoms with van der Waals surface area (Å²) in [5, 5.41) is 9.27. The third-order valence-corrected chi connectivity index (χ3v) is 4.14. The van der Waals surface area contributed by atoms with Crippen LogP contribution in [-0.4, -0.2) is 23.1 Å². The Labute approximate surface area is 128 Å². The summed E-state index contributed by atoms with van der Waals surface area (Å²) in [5.74, 6) is -1.26. The Morgan fingerprint density at radius 3 is 1.90 bits per heavy atom. The van der Waals surface area contributed by atoms with Crippen molar-refractivity contribution in [3.8, 4) is 0 Å². The maximum Gasteiger partial charge on any atom is 0.310 e. The minimum absolute atomic E-state index is 0.0890. The predicted molar refractivity (Wildman–Crippen MR) is 81.9 cm³/mol. The average molecular weight is 298 g/mol. The van der Waals surface area contributed by atoms with Gasteiger partial charge < -0.3 is 9.84 Å². The van der Waals surface area contributed by atoms with Crippen molar-refractivity contribution < 1.29 is 19.4 Å².